The first-order valence-corrected chi connectivity index (χ1v) is 8.02. The van der Waals surface area contributed by atoms with E-state index in [1.54, 1.807) is 13.8 Å². The molecule has 0 bridgehead atoms. The van der Waals surface area contributed by atoms with Gasteiger partial charge in [-0.15, -0.1) is 0 Å². The molecule has 0 aliphatic rings. The third-order valence-electron chi connectivity index (χ3n) is 3.94. The Hall–Kier alpha value is -2.09. The highest BCUT2D eigenvalue weighted by Gasteiger charge is 2.22. The van der Waals surface area contributed by atoms with Crippen LogP contribution in [-0.4, -0.2) is 5.11 Å². The van der Waals surface area contributed by atoms with Crippen molar-refractivity contribution in [3.05, 3.63) is 83.4 Å². The lowest BCUT2D eigenvalue weighted by atomic mass is 9.86. The Labute approximate surface area is 142 Å². The fourth-order valence-corrected chi connectivity index (χ4v) is 3.03. The minimum atomic E-state index is -0.941. The maximum absolute atomic E-state index is 10.5. The van der Waals surface area contributed by atoms with E-state index in [2.05, 4.69) is 24.3 Å². The first kappa shape index (κ1) is 15.8. The Balaban J connectivity index is 2.27. The molecule has 0 heterocycles. The van der Waals surface area contributed by atoms with Gasteiger partial charge in [-0.2, -0.15) is 0 Å². The SMILES string of the molecule is CC(C)(O)c1ccc(Cl)cc1-c1ccccc1-c1ccccc1. The topological polar surface area (TPSA) is 20.2 Å². The van der Waals surface area contributed by atoms with Gasteiger partial charge in [0.25, 0.3) is 0 Å². The summed E-state index contributed by atoms with van der Waals surface area (Å²) in [5, 5.41) is 11.2. The lowest BCUT2D eigenvalue weighted by Gasteiger charge is -2.23. The van der Waals surface area contributed by atoms with Crippen LogP contribution in [0.5, 0.6) is 0 Å². The maximum atomic E-state index is 10.5. The van der Waals surface area contributed by atoms with E-state index in [1.165, 1.54) is 0 Å². The van der Waals surface area contributed by atoms with Crippen LogP contribution in [0.25, 0.3) is 22.3 Å². The molecule has 0 saturated heterocycles. The molecule has 0 aromatic heterocycles. The molecule has 0 saturated carbocycles. The molecule has 2 heteroatoms. The summed E-state index contributed by atoms with van der Waals surface area (Å²) in [6.45, 7) is 3.59. The van der Waals surface area contributed by atoms with E-state index in [0.29, 0.717) is 5.02 Å². The molecule has 0 unspecified atom stereocenters. The van der Waals surface area contributed by atoms with E-state index in [1.807, 2.05) is 48.5 Å². The molecule has 23 heavy (non-hydrogen) atoms. The van der Waals surface area contributed by atoms with Gasteiger partial charge in [0.1, 0.15) is 0 Å². The second kappa shape index (κ2) is 6.19. The predicted molar refractivity (Wildman–Crippen MR) is 97.6 cm³/mol. The molecule has 0 amide bonds. The average Bonchev–Trinajstić information content (AvgIpc) is 2.54. The molecule has 1 N–H and O–H groups in total. The Morgan fingerprint density at radius 3 is 2.00 bits per heavy atom. The average molecular weight is 323 g/mol. The Kier molecular flexibility index (Phi) is 4.25. The summed E-state index contributed by atoms with van der Waals surface area (Å²) in [4.78, 5) is 0. The number of rotatable bonds is 3. The second-order valence-corrected chi connectivity index (χ2v) is 6.60. The zero-order valence-corrected chi connectivity index (χ0v) is 14.0. The molecule has 0 radical (unpaired) electrons. The van der Waals surface area contributed by atoms with Crippen LogP contribution in [0, 0.1) is 0 Å². The largest absolute Gasteiger partial charge is 0.386 e. The molecule has 3 rings (SSSR count). The number of hydrogen-bond donors (Lipinski definition) is 1. The quantitative estimate of drug-likeness (QED) is 0.636. The van der Waals surface area contributed by atoms with Crippen molar-refractivity contribution in [3.63, 3.8) is 0 Å². The molecule has 3 aromatic rings. The molecular weight excluding hydrogens is 304 g/mol. The van der Waals surface area contributed by atoms with Gasteiger partial charge in [-0.1, -0.05) is 72.3 Å². The fraction of sp³-hybridized carbons (Fsp3) is 0.143. The lowest BCUT2D eigenvalue weighted by molar-refractivity contribution is 0.0792. The third-order valence-corrected chi connectivity index (χ3v) is 4.18. The number of hydrogen-bond acceptors (Lipinski definition) is 1. The molecule has 116 valence electrons. The molecule has 0 atom stereocenters. The predicted octanol–water partition coefficient (Wildman–Crippen LogP) is 5.90. The molecule has 0 aliphatic heterocycles. The van der Waals surface area contributed by atoms with Gasteiger partial charge in [0.2, 0.25) is 0 Å². The van der Waals surface area contributed by atoms with Crippen LogP contribution in [0.3, 0.4) is 0 Å². The van der Waals surface area contributed by atoms with Crippen LogP contribution in [0.15, 0.2) is 72.8 Å². The molecule has 0 fully saturated rings. The van der Waals surface area contributed by atoms with Crippen molar-refractivity contribution in [1.82, 2.24) is 0 Å². The van der Waals surface area contributed by atoms with Crippen LogP contribution < -0.4 is 0 Å². The number of halogens is 1. The first-order valence-electron chi connectivity index (χ1n) is 7.64. The van der Waals surface area contributed by atoms with E-state index in [4.69, 9.17) is 11.6 Å². The Bertz CT molecular complexity index is 817. The zero-order valence-electron chi connectivity index (χ0n) is 13.3. The summed E-state index contributed by atoms with van der Waals surface area (Å²) < 4.78 is 0. The normalized spacial score (nSPS) is 11.5. The Morgan fingerprint density at radius 2 is 1.35 bits per heavy atom. The zero-order chi connectivity index (χ0) is 16.4. The monoisotopic (exact) mass is 322 g/mol. The van der Waals surface area contributed by atoms with Crippen molar-refractivity contribution >= 4 is 11.6 Å². The minimum Gasteiger partial charge on any atom is -0.386 e. The van der Waals surface area contributed by atoms with E-state index < -0.39 is 5.60 Å². The smallest absolute Gasteiger partial charge is 0.0846 e. The molecular formula is C21H19ClO. The van der Waals surface area contributed by atoms with Crippen molar-refractivity contribution in [2.45, 2.75) is 19.4 Å². The van der Waals surface area contributed by atoms with Crippen molar-refractivity contribution in [3.8, 4) is 22.3 Å². The second-order valence-electron chi connectivity index (χ2n) is 6.16. The summed E-state index contributed by atoms with van der Waals surface area (Å²) >= 11 is 6.23. The minimum absolute atomic E-state index is 0.663. The molecule has 0 aliphatic carbocycles. The van der Waals surface area contributed by atoms with Gasteiger partial charge in [-0.3, -0.25) is 0 Å². The van der Waals surface area contributed by atoms with Crippen LogP contribution >= 0.6 is 11.6 Å². The summed E-state index contributed by atoms with van der Waals surface area (Å²) in [5.41, 5.74) is 4.22. The maximum Gasteiger partial charge on any atom is 0.0846 e. The van der Waals surface area contributed by atoms with Crippen molar-refractivity contribution in [2.75, 3.05) is 0 Å². The van der Waals surface area contributed by atoms with Crippen LogP contribution in [0.2, 0.25) is 5.02 Å². The van der Waals surface area contributed by atoms with Crippen molar-refractivity contribution in [2.24, 2.45) is 0 Å². The highest BCUT2D eigenvalue weighted by molar-refractivity contribution is 6.31. The summed E-state index contributed by atoms with van der Waals surface area (Å²) in [6.07, 6.45) is 0. The summed E-state index contributed by atoms with van der Waals surface area (Å²) in [5.74, 6) is 0. The van der Waals surface area contributed by atoms with Gasteiger partial charge in [0.05, 0.1) is 5.60 Å². The first-order chi connectivity index (χ1) is 11.0. The van der Waals surface area contributed by atoms with Crippen molar-refractivity contribution < 1.29 is 5.11 Å². The van der Waals surface area contributed by atoms with E-state index in [9.17, 15) is 5.11 Å². The summed E-state index contributed by atoms with van der Waals surface area (Å²) in [6, 6.07) is 24.1. The van der Waals surface area contributed by atoms with Crippen LogP contribution in [0.1, 0.15) is 19.4 Å². The summed E-state index contributed by atoms with van der Waals surface area (Å²) in [7, 11) is 0. The van der Waals surface area contributed by atoms with E-state index in [0.717, 1.165) is 27.8 Å². The Morgan fingerprint density at radius 1 is 0.739 bits per heavy atom. The molecule has 1 nitrogen and oxygen atoms in total. The van der Waals surface area contributed by atoms with Crippen molar-refractivity contribution in [1.29, 1.82) is 0 Å². The highest BCUT2D eigenvalue weighted by atomic mass is 35.5. The van der Waals surface area contributed by atoms with Gasteiger partial charge in [0, 0.05) is 5.02 Å². The standard InChI is InChI=1S/C21H19ClO/c1-21(2,23)20-13-12-16(22)14-19(20)18-11-7-6-10-17(18)15-8-4-3-5-9-15/h3-14,23H,1-2H3. The number of benzene rings is 3. The molecule has 3 aromatic carbocycles. The van der Waals surface area contributed by atoms with Gasteiger partial charge in [-0.25, -0.2) is 0 Å². The van der Waals surface area contributed by atoms with Gasteiger partial charge >= 0.3 is 0 Å². The van der Waals surface area contributed by atoms with Gasteiger partial charge in [-0.05, 0) is 53.8 Å². The fourth-order valence-electron chi connectivity index (χ4n) is 2.86. The number of aliphatic hydroxyl groups is 1. The van der Waals surface area contributed by atoms with Gasteiger partial charge in [0.15, 0.2) is 0 Å². The van der Waals surface area contributed by atoms with Crippen LogP contribution in [0.4, 0.5) is 0 Å². The van der Waals surface area contributed by atoms with Crippen LogP contribution in [-0.2, 0) is 5.60 Å². The highest BCUT2D eigenvalue weighted by Crippen LogP contribution is 2.38. The van der Waals surface area contributed by atoms with E-state index >= 15 is 0 Å². The lowest BCUT2D eigenvalue weighted by Crippen LogP contribution is -2.16. The molecule has 0 spiro atoms. The van der Waals surface area contributed by atoms with Gasteiger partial charge < -0.3 is 5.11 Å². The third kappa shape index (κ3) is 3.31. The van der Waals surface area contributed by atoms with E-state index in [-0.39, 0.29) is 0 Å².